The van der Waals surface area contributed by atoms with E-state index in [1.165, 1.54) is 6.26 Å². The van der Waals surface area contributed by atoms with Crippen LogP contribution in [0.2, 0.25) is 0 Å². The van der Waals surface area contributed by atoms with Gasteiger partial charge < -0.3 is 19.2 Å². The average molecular weight is 445 g/mol. The van der Waals surface area contributed by atoms with E-state index < -0.39 is 6.10 Å². The van der Waals surface area contributed by atoms with Gasteiger partial charge >= 0.3 is 0 Å². The lowest BCUT2D eigenvalue weighted by Crippen LogP contribution is -2.48. The van der Waals surface area contributed by atoms with Gasteiger partial charge in [0.2, 0.25) is 5.89 Å². The van der Waals surface area contributed by atoms with Gasteiger partial charge in [0, 0.05) is 45.8 Å². The first-order valence-electron chi connectivity index (χ1n) is 11.5. The van der Waals surface area contributed by atoms with Crippen molar-refractivity contribution in [1.29, 1.82) is 0 Å². The van der Waals surface area contributed by atoms with Crippen LogP contribution in [0.4, 0.5) is 0 Å². The molecule has 176 valence electrons. The van der Waals surface area contributed by atoms with E-state index in [9.17, 15) is 9.90 Å². The summed E-state index contributed by atoms with van der Waals surface area (Å²) in [7, 11) is 0. The highest BCUT2D eigenvalue weighted by molar-refractivity contribution is 5.91. The van der Waals surface area contributed by atoms with Crippen LogP contribution in [0.5, 0.6) is 0 Å². The molecular weight excluding hydrogens is 408 g/mol. The molecule has 1 atom stereocenters. The van der Waals surface area contributed by atoms with Crippen LogP contribution in [0, 0.1) is 0 Å². The summed E-state index contributed by atoms with van der Waals surface area (Å²) in [4.78, 5) is 23.6. The van der Waals surface area contributed by atoms with E-state index in [4.69, 9.17) is 9.15 Å². The standard InChI is InChI=1S/C24H36N4O4/c1-4-28(14-20-8-6-5-7-9-20)24(30)22-18-32-23(25-22)16-27-12-10-26(11-13-27)15-21(29)17-31-19(2)3/h5-9,18-19,21,29H,4,10-17H2,1-3H3. The number of β-amino-alcohol motifs (C(OH)–C–C–N with tert-alkyl or cyclic N) is 1. The zero-order chi connectivity index (χ0) is 22.9. The van der Waals surface area contributed by atoms with Crippen LogP contribution in [-0.2, 0) is 17.8 Å². The van der Waals surface area contributed by atoms with Gasteiger partial charge in [-0.25, -0.2) is 4.98 Å². The third-order valence-electron chi connectivity index (χ3n) is 5.57. The summed E-state index contributed by atoms with van der Waals surface area (Å²) < 4.78 is 11.1. The molecule has 32 heavy (non-hydrogen) atoms. The molecule has 1 aliphatic heterocycles. The minimum atomic E-state index is -0.471. The topological polar surface area (TPSA) is 82.3 Å². The molecule has 1 aromatic heterocycles. The summed E-state index contributed by atoms with van der Waals surface area (Å²) in [5.41, 5.74) is 1.44. The Morgan fingerprint density at radius 3 is 2.53 bits per heavy atom. The molecule has 0 aliphatic carbocycles. The maximum absolute atomic E-state index is 12.9. The largest absolute Gasteiger partial charge is 0.447 e. The van der Waals surface area contributed by atoms with Gasteiger partial charge in [-0.1, -0.05) is 30.3 Å². The quantitative estimate of drug-likeness (QED) is 0.569. The van der Waals surface area contributed by atoms with Gasteiger partial charge in [-0.05, 0) is 26.3 Å². The Morgan fingerprint density at radius 1 is 1.19 bits per heavy atom. The Morgan fingerprint density at radius 2 is 1.88 bits per heavy atom. The summed E-state index contributed by atoms with van der Waals surface area (Å²) >= 11 is 0. The van der Waals surface area contributed by atoms with Crippen LogP contribution in [-0.4, -0.2) is 88.8 Å². The number of piperazine rings is 1. The van der Waals surface area contributed by atoms with Gasteiger partial charge in [-0.3, -0.25) is 14.6 Å². The van der Waals surface area contributed by atoms with Crippen molar-refractivity contribution in [2.45, 2.75) is 46.1 Å². The lowest BCUT2D eigenvalue weighted by molar-refractivity contribution is -0.0151. The SMILES string of the molecule is CCN(Cc1ccccc1)C(=O)c1coc(CN2CCN(CC(O)COC(C)C)CC2)n1. The lowest BCUT2D eigenvalue weighted by Gasteiger charge is -2.35. The molecule has 1 aliphatic rings. The summed E-state index contributed by atoms with van der Waals surface area (Å²) in [6.07, 6.45) is 1.12. The number of benzene rings is 1. The van der Waals surface area contributed by atoms with Gasteiger partial charge in [-0.2, -0.15) is 0 Å². The molecular formula is C24H36N4O4. The number of rotatable bonds is 11. The normalized spacial score (nSPS) is 16.4. The molecule has 2 aromatic rings. The zero-order valence-corrected chi connectivity index (χ0v) is 19.4. The van der Waals surface area contributed by atoms with Crippen molar-refractivity contribution in [2.24, 2.45) is 0 Å². The predicted molar refractivity (Wildman–Crippen MR) is 122 cm³/mol. The number of hydrogen-bond acceptors (Lipinski definition) is 7. The number of amides is 1. The van der Waals surface area contributed by atoms with Gasteiger partial charge in [-0.15, -0.1) is 0 Å². The van der Waals surface area contributed by atoms with Crippen LogP contribution >= 0.6 is 0 Å². The van der Waals surface area contributed by atoms with E-state index in [1.54, 1.807) is 4.90 Å². The lowest BCUT2D eigenvalue weighted by atomic mass is 10.2. The van der Waals surface area contributed by atoms with Crippen LogP contribution in [0.15, 0.2) is 41.0 Å². The number of aliphatic hydroxyl groups is 1. The number of carbonyl (C=O) groups excluding carboxylic acids is 1. The number of aromatic nitrogens is 1. The molecule has 0 saturated carbocycles. The van der Waals surface area contributed by atoms with E-state index in [-0.39, 0.29) is 12.0 Å². The third kappa shape index (κ3) is 7.41. The predicted octanol–water partition coefficient (Wildman–Crippen LogP) is 2.24. The molecule has 0 spiro atoms. The number of nitrogens with zero attached hydrogens (tertiary/aromatic N) is 4. The van der Waals surface area contributed by atoms with Crippen LogP contribution < -0.4 is 0 Å². The fourth-order valence-electron chi connectivity index (χ4n) is 3.75. The number of aliphatic hydroxyl groups excluding tert-OH is 1. The Labute approximate surface area is 190 Å². The number of oxazole rings is 1. The molecule has 8 heteroatoms. The van der Waals surface area contributed by atoms with Crippen LogP contribution in [0.3, 0.4) is 0 Å². The van der Waals surface area contributed by atoms with Crippen molar-refractivity contribution in [3.63, 3.8) is 0 Å². The molecule has 1 N–H and O–H groups in total. The Bertz CT molecular complexity index is 818. The van der Waals surface area contributed by atoms with Crippen molar-refractivity contribution in [1.82, 2.24) is 19.7 Å². The van der Waals surface area contributed by atoms with Crippen molar-refractivity contribution in [3.05, 3.63) is 53.7 Å². The smallest absolute Gasteiger partial charge is 0.276 e. The van der Waals surface area contributed by atoms with Gasteiger partial charge in [0.15, 0.2) is 5.69 Å². The summed E-state index contributed by atoms with van der Waals surface area (Å²) in [6.45, 7) is 12.1. The minimum absolute atomic E-state index is 0.117. The summed E-state index contributed by atoms with van der Waals surface area (Å²) in [5, 5.41) is 10.1. The van der Waals surface area contributed by atoms with E-state index in [0.717, 1.165) is 31.7 Å². The van der Waals surface area contributed by atoms with E-state index in [2.05, 4.69) is 14.8 Å². The molecule has 8 nitrogen and oxygen atoms in total. The fourth-order valence-corrected chi connectivity index (χ4v) is 3.75. The Hall–Kier alpha value is -2.26. The van der Waals surface area contributed by atoms with Gasteiger partial charge in [0.05, 0.1) is 25.4 Å². The Kier molecular flexibility index (Phi) is 9.23. The van der Waals surface area contributed by atoms with Crippen LogP contribution in [0.25, 0.3) is 0 Å². The molecule has 0 radical (unpaired) electrons. The Balaban J connectivity index is 1.45. The number of hydrogen-bond donors (Lipinski definition) is 1. The molecule has 1 aromatic carbocycles. The van der Waals surface area contributed by atoms with Crippen LogP contribution in [0.1, 0.15) is 42.7 Å². The maximum atomic E-state index is 12.9. The first-order valence-corrected chi connectivity index (χ1v) is 11.5. The summed E-state index contributed by atoms with van der Waals surface area (Å²) in [6, 6.07) is 9.94. The second-order valence-electron chi connectivity index (χ2n) is 8.54. The molecule has 1 saturated heterocycles. The monoisotopic (exact) mass is 444 g/mol. The molecule has 1 amide bonds. The molecule has 0 bridgehead atoms. The molecule has 1 fully saturated rings. The highest BCUT2D eigenvalue weighted by Gasteiger charge is 2.23. The first kappa shape index (κ1) is 24.4. The minimum Gasteiger partial charge on any atom is -0.447 e. The van der Waals surface area contributed by atoms with Crippen molar-refractivity contribution < 1.29 is 19.1 Å². The number of ether oxygens (including phenoxy) is 1. The average Bonchev–Trinajstić information content (AvgIpc) is 3.26. The zero-order valence-electron chi connectivity index (χ0n) is 19.4. The second-order valence-corrected chi connectivity index (χ2v) is 8.54. The molecule has 3 rings (SSSR count). The molecule has 1 unspecified atom stereocenters. The fraction of sp³-hybridized carbons (Fsp3) is 0.583. The van der Waals surface area contributed by atoms with Crippen molar-refractivity contribution >= 4 is 5.91 Å². The highest BCUT2D eigenvalue weighted by Crippen LogP contribution is 2.13. The van der Waals surface area contributed by atoms with E-state index in [1.807, 2.05) is 51.1 Å². The third-order valence-corrected chi connectivity index (χ3v) is 5.57. The van der Waals surface area contributed by atoms with Gasteiger partial charge in [0.1, 0.15) is 6.26 Å². The highest BCUT2D eigenvalue weighted by atomic mass is 16.5. The first-order chi connectivity index (χ1) is 15.4. The second kappa shape index (κ2) is 12.1. The van der Waals surface area contributed by atoms with E-state index in [0.29, 0.717) is 44.4 Å². The summed E-state index contributed by atoms with van der Waals surface area (Å²) in [5.74, 6) is 0.441. The van der Waals surface area contributed by atoms with Crippen molar-refractivity contribution in [2.75, 3.05) is 45.9 Å². The maximum Gasteiger partial charge on any atom is 0.276 e. The van der Waals surface area contributed by atoms with Gasteiger partial charge in [0.25, 0.3) is 5.91 Å². The van der Waals surface area contributed by atoms with E-state index >= 15 is 0 Å². The molecule has 2 heterocycles. The number of carbonyl (C=O) groups is 1. The van der Waals surface area contributed by atoms with Crippen molar-refractivity contribution in [3.8, 4) is 0 Å².